The predicted molar refractivity (Wildman–Crippen MR) is 96.5 cm³/mol. The number of hydrogen-bond acceptors (Lipinski definition) is 2. The molecule has 0 aromatic carbocycles. The molecule has 124 valence electrons. The molecule has 0 atom stereocenters. The van der Waals surface area contributed by atoms with E-state index < -0.39 is 8.24 Å². The van der Waals surface area contributed by atoms with E-state index in [1.54, 1.807) is 0 Å². The Balaban J connectivity index is 3.18. The van der Waals surface area contributed by atoms with Gasteiger partial charge in [-0.3, -0.25) is 4.79 Å². The summed E-state index contributed by atoms with van der Waals surface area (Å²) in [6.07, 6.45) is 6.24. The van der Waals surface area contributed by atoms with Crippen molar-refractivity contribution in [3.63, 3.8) is 0 Å². The number of carbonyl (C=O) groups is 1. The van der Waals surface area contributed by atoms with E-state index in [4.69, 9.17) is 4.74 Å². The number of hydrogen-bond donors (Lipinski definition) is 0. The van der Waals surface area contributed by atoms with Gasteiger partial charge in [0.15, 0.2) is 8.24 Å². The van der Waals surface area contributed by atoms with Gasteiger partial charge in [-0.1, -0.05) is 41.5 Å². The van der Waals surface area contributed by atoms with Crippen LogP contribution in [0.25, 0.3) is 6.08 Å². The fourth-order valence-corrected chi connectivity index (χ4v) is 10.7. The van der Waals surface area contributed by atoms with E-state index in [-0.39, 0.29) is 5.97 Å². The molecule has 22 heavy (non-hydrogen) atoms. The van der Waals surface area contributed by atoms with E-state index in [1.807, 2.05) is 6.08 Å². The molecule has 1 aromatic rings. The van der Waals surface area contributed by atoms with Crippen molar-refractivity contribution in [1.29, 1.82) is 0 Å². The molecule has 0 saturated heterocycles. The highest BCUT2D eigenvalue weighted by Crippen LogP contribution is 2.43. The molecule has 3 nitrogen and oxygen atoms in total. The van der Waals surface area contributed by atoms with Gasteiger partial charge in [0.2, 0.25) is 0 Å². The van der Waals surface area contributed by atoms with Crippen molar-refractivity contribution in [1.82, 2.24) is 4.23 Å². The Labute approximate surface area is 136 Å². The third-order valence-corrected chi connectivity index (χ3v) is 11.4. The average molecular weight is 322 g/mol. The third kappa shape index (κ3) is 3.72. The molecule has 0 spiro atoms. The maximum Gasteiger partial charge on any atom is 0.302 e. The van der Waals surface area contributed by atoms with E-state index >= 15 is 0 Å². The summed E-state index contributed by atoms with van der Waals surface area (Å²) in [7, 11) is -1.72. The van der Waals surface area contributed by atoms with Crippen molar-refractivity contribution in [2.45, 2.75) is 65.1 Å². The molecule has 1 aromatic heterocycles. The summed E-state index contributed by atoms with van der Waals surface area (Å²) in [5.41, 5.74) is 3.18. The van der Waals surface area contributed by atoms with Crippen molar-refractivity contribution in [3.05, 3.63) is 30.1 Å². The zero-order valence-corrected chi connectivity index (χ0v) is 16.1. The van der Waals surface area contributed by atoms with Gasteiger partial charge in [0.25, 0.3) is 0 Å². The Morgan fingerprint density at radius 3 is 2.18 bits per heavy atom. The van der Waals surface area contributed by atoms with Crippen LogP contribution in [-0.4, -0.2) is 25.0 Å². The van der Waals surface area contributed by atoms with Gasteiger partial charge in [-0.25, -0.2) is 0 Å². The molecule has 0 fully saturated rings. The molecule has 0 radical (unpaired) electrons. The largest absolute Gasteiger partial charge is 0.462 e. The van der Waals surface area contributed by atoms with Crippen LogP contribution >= 0.6 is 0 Å². The standard InChI is InChI=1S/C18H31NO2Si/c1-14(2)22(15(3)4,16(5)6)19-12-8-10-18(19)11-9-13-21-17(7)20/h8-12,14-16H,13H2,1-7H3/b11-9+. The van der Waals surface area contributed by atoms with E-state index in [0.717, 1.165) is 0 Å². The lowest BCUT2D eigenvalue weighted by molar-refractivity contribution is -0.139. The quantitative estimate of drug-likeness (QED) is 0.517. The zero-order chi connectivity index (χ0) is 16.9. The lowest BCUT2D eigenvalue weighted by Gasteiger charge is -2.45. The van der Waals surface area contributed by atoms with Crippen LogP contribution in [0.4, 0.5) is 0 Å². The summed E-state index contributed by atoms with van der Waals surface area (Å²) in [6.45, 7) is 15.9. The highest BCUT2D eigenvalue weighted by Gasteiger charge is 2.45. The number of ether oxygens (including phenoxy) is 1. The molecule has 0 aliphatic carbocycles. The summed E-state index contributed by atoms with van der Waals surface area (Å²) >= 11 is 0. The maximum absolute atomic E-state index is 10.8. The van der Waals surface area contributed by atoms with Crippen LogP contribution in [0.5, 0.6) is 0 Å². The Morgan fingerprint density at radius 2 is 1.73 bits per heavy atom. The SMILES string of the molecule is CC(=O)OC/C=C/c1cccn1[Si](C(C)C)(C(C)C)C(C)C. The lowest BCUT2D eigenvalue weighted by Crippen LogP contribution is -2.52. The first-order valence-corrected chi connectivity index (χ1v) is 10.4. The van der Waals surface area contributed by atoms with E-state index in [1.165, 1.54) is 12.6 Å². The van der Waals surface area contributed by atoms with Crippen LogP contribution in [0, 0.1) is 0 Å². The van der Waals surface area contributed by atoms with Crippen molar-refractivity contribution in [3.8, 4) is 0 Å². The van der Waals surface area contributed by atoms with Crippen LogP contribution in [0.15, 0.2) is 24.4 Å². The van der Waals surface area contributed by atoms with Crippen molar-refractivity contribution < 1.29 is 9.53 Å². The van der Waals surface area contributed by atoms with Crippen LogP contribution in [0.3, 0.4) is 0 Å². The Bertz CT molecular complexity index is 493. The minimum Gasteiger partial charge on any atom is -0.462 e. The van der Waals surface area contributed by atoms with Gasteiger partial charge in [-0.2, -0.15) is 0 Å². The summed E-state index contributed by atoms with van der Waals surface area (Å²) in [5, 5.41) is 0. The molecule has 0 saturated carbocycles. The third-order valence-electron chi connectivity index (χ3n) is 4.64. The second kappa shape index (κ2) is 7.81. The van der Waals surface area contributed by atoms with Gasteiger partial charge >= 0.3 is 5.97 Å². The molecule has 0 amide bonds. The van der Waals surface area contributed by atoms with E-state index in [2.05, 4.69) is 70.2 Å². The predicted octanol–water partition coefficient (Wildman–Crippen LogP) is 5.09. The topological polar surface area (TPSA) is 31.2 Å². The minimum atomic E-state index is -1.72. The molecule has 0 aliphatic rings. The fraction of sp³-hybridized carbons (Fsp3) is 0.611. The fourth-order valence-electron chi connectivity index (χ4n) is 4.05. The van der Waals surface area contributed by atoms with Gasteiger partial charge in [0.05, 0.1) is 0 Å². The molecule has 0 aliphatic heterocycles. The van der Waals surface area contributed by atoms with Crippen LogP contribution < -0.4 is 0 Å². The van der Waals surface area contributed by atoms with E-state index in [9.17, 15) is 4.79 Å². The number of carbonyl (C=O) groups excluding carboxylic acids is 1. The molecule has 1 heterocycles. The number of esters is 1. The molecule has 0 unspecified atom stereocenters. The van der Waals surface area contributed by atoms with Gasteiger partial charge in [-0.05, 0) is 47.1 Å². The first kappa shape index (κ1) is 18.8. The van der Waals surface area contributed by atoms with Crippen molar-refractivity contribution in [2.75, 3.05) is 6.61 Å². The van der Waals surface area contributed by atoms with Crippen LogP contribution in [-0.2, 0) is 9.53 Å². The maximum atomic E-state index is 10.8. The van der Waals surface area contributed by atoms with Crippen molar-refractivity contribution in [2.24, 2.45) is 0 Å². The van der Waals surface area contributed by atoms with Gasteiger partial charge < -0.3 is 8.97 Å². The highest BCUT2D eigenvalue weighted by atomic mass is 28.3. The van der Waals surface area contributed by atoms with Crippen LogP contribution in [0.2, 0.25) is 16.6 Å². The highest BCUT2D eigenvalue weighted by molar-refractivity contribution is 6.82. The Hall–Kier alpha value is -1.29. The Morgan fingerprint density at radius 1 is 1.18 bits per heavy atom. The summed E-state index contributed by atoms with van der Waals surface area (Å²) < 4.78 is 7.52. The average Bonchev–Trinajstić information content (AvgIpc) is 2.82. The Kier molecular flexibility index (Phi) is 6.66. The minimum absolute atomic E-state index is 0.240. The number of nitrogens with zero attached hydrogens (tertiary/aromatic N) is 1. The normalized spacial score (nSPS) is 12.8. The van der Waals surface area contributed by atoms with Crippen molar-refractivity contribution >= 4 is 20.3 Å². The molecule has 4 heteroatoms. The van der Waals surface area contributed by atoms with Gasteiger partial charge in [-0.15, -0.1) is 0 Å². The van der Waals surface area contributed by atoms with Crippen LogP contribution in [0.1, 0.15) is 54.2 Å². The summed E-state index contributed by atoms with van der Waals surface area (Å²) in [4.78, 5) is 10.8. The first-order chi connectivity index (χ1) is 10.2. The zero-order valence-electron chi connectivity index (χ0n) is 15.1. The smallest absolute Gasteiger partial charge is 0.302 e. The second-order valence-corrected chi connectivity index (χ2v) is 12.6. The molecule has 0 bridgehead atoms. The number of rotatable bonds is 7. The molecule has 1 rings (SSSR count). The number of aromatic nitrogens is 1. The molecular formula is C18H31NO2Si. The summed E-state index contributed by atoms with van der Waals surface area (Å²) in [5.74, 6) is -0.240. The monoisotopic (exact) mass is 321 g/mol. The van der Waals surface area contributed by atoms with Gasteiger partial charge in [0.1, 0.15) is 6.61 Å². The van der Waals surface area contributed by atoms with E-state index in [0.29, 0.717) is 23.2 Å². The molecular weight excluding hydrogens is 290 g/mol. The molecule has 0 N–H and O–H groups in total. The second-order valence-electron chi connectivity index (χ2n) is 6.86. The first-order valence-electron chi connectivity index (χ1n) is 8.22. The van der Waals surface area contributed by atoms with Gasteiger partial charge in [0, 0.05) is 12.6 Å². The lowest BCUT2D eigenvalue weighted by atomic mass is 10.4. The summed E-state index contributed by atoms with van der Waals surface area (Å²) in [6, 6.07) is 4.28.